The Labute approximate surface area is 242 Å². The van der Waals surface area contributed by atoms with Gasteiger partial charge in [0.15, 0.2) is 47.4 Å². The van der Waals surface area contributed by atoms with Gasteiger partial charge in [-0.2, -0.15) is 0 Å². The number of nitrogens with zero attached hydrogens (tertiary/aromatic N) is 7. The summed E-state index contributed by atoms with van der Waals surface area (Å²) in [6.45, 7) is -1.85. The fourth-order valence-corrected chi connectivity index (χ4v) is 7.08. The number of imidazole rings is 2. The molecule has 3 saturated heterocycles. The van der Waals surface area contributed by atoms with E-state index >= 15 is 8.78 Å². The van der Waals surface area contributed by atoms with E-state index in [9.17, 15) is 23.7 Å². The Morgan fingerprint density at radius 1 is 0.841 bits per heavy atom. The summed E-state index contributed by atoms with van der Waals surface area (Å²) >= 11 is 0. The van der Waals surface area contributed by atoms with E-state index in [0.717, 1.165) is 34.4 Å². The first-order chi connectivity index (χ1) is 20.9. The molecule has 3 aliphatic rings. The molecule has 7 heterocycles. The van der Waals surface area contributed by atoms with Gasteiger partial charge in [-0.25, -0.2) is 42.8 Å². The highest BCUT2D eigenvalue weighted by Gasteiger charge is 2.55. The van der Waals surface area contributed by atoms with Crippen molar-refractivity contribution in [1.82, 2.24) is 39.0 Å². The molecule has 0 saturated carbocycles. The number of aromatic nitrogens is 8. The summed E-state index contributed by atoms with van der Waals surface area (Å²) < 4.78 is 91.2. The molecule has 0 spiro atoms. The number of anilines is 1. The fourth-order valence-electron chi connectivity index (χ4n) is 5.17. The van der Waals surface area contributed by atoms with Gasteiger partial charge in [0.05, 0.1) is 32.2 Å². The van der Waals surface area contributed by atoms with Crippen LogP contribution in [0.4, 0.5) is 14.6 Å². The first-order valence-electron chi connectivity index (χ1n) is 12.7. The van der Waals surface area contributed by atoms with E-state index in [1.807, 2.05) is 0 Å². The number of ether oxygens (including phenoxy) is 2. The maximum Gasteiger partial charge on any atom is 0.472 e. The van der Waals surface area contributed by atoms with Gasteiger partial charge < -0.3 is 30.0 Å². The zero-order valence-corrected chi connectivity index (χ0v) is 23.6. The van der Waals surface area contributed by atoms with Crippen LogP contribution in [-0.2, 0) is 36.7 Å². The zero-order chi connectivity index (χ0) is 31.0. The second-order valence-corrected chi connectivity index (χ2v) is 12.6. The highest BCUT2D eigenvalue weighted by Crippen LogP contribution is 2.54. The van der Waals surface area contributed by atoms with Crippen molar-refractivity contribution >= 4 is 43.8 Å². The van der Waals surface area contributed by atoms with Gasteiger partial charge in [-0.1, -0.05) is 0 Å². The van der Waals surface area contributed by atoms with E-state index in [-0.39, 0.29) is 28.1 Å². The third-order valence-electron chi connectivity index (χ3n) is 7.15. The third-order valence-corrected chi connectivity index (χ3v) is 9.12. The number of phosphoric acid groups is 2. The number of nitrogens with two attached hydrogens (primary N) is 1. The molecule has 20 nitrogen and oxygen atoms in total. The van der Waals surface area contributed by atoms with Crippen molar-refractivity contribution in [1.29, 1.82) is 0 Å². The largest absolute Gasteiger partial charge is 0.472 e. The molecule has 3 fully saturated rings. The molecule has 4 aromatic heterocycles. The Bertz CT molecular complexity index is 1890. The quantitative estimate of drug-likeness (QED) is 0.206. The lowest BCUT2D eigenvalue weighted by molar-refractivity contribution is -0.0662. The molecule has 0 aliphatic carbocycles. The molecule has 7 rings (SSSR count). The van der Waals surface area contributed by atoms with Crippen LogP contribution in [0.25, 0.3) is 22.3 Å². The van der Waals surface area contributed by atoms with Crippen molar-refractivity contribution in [2.75, 3.05) is 18.9 Å². The number of alkyl halides is 2. The van der Waals surface area contributed by atoms with Crippen molar-refractivity contribution in [2.24, 2.45) is 0 Å². The van der Waals surface area contributed by atoms with Crippen LogP contribution in [0.5, 0.6) is 0 Å². The number of hydrogen-bond acceptors (Lipinski definition) is 15. The monoisotopic (exact) mass is 663 g/mol. The van der Waals surface area contributed by atoms with Gasteiger partial charge in [-0.05, 0) is 0 Å². The fraction of sp³-hybridized carbons (Fsp3) is 0.500. The first-order valence-corrected chi connectivity index (χ1v) is 15.7. The van der Waals surface area contributed by atoms with E-state index in [4.69, 9.17) is 33.3 Å². The van der Waals surface area contributed by atoms with Gasteiger partial charge >= 0.3 is 15.6 Å². The van der Waals surface area contributed by atoms with Crippen LogP contribution in [0.3, 0.4) is 0 Å². The molecule has 10 atom stereocenters. The molecule has 44 heavy (non-hydrogen) atoms. The summed E-state index contributed by atoms with van der Waals surface area (Å²) in [5.74, 6) is -0.00724. The van der Waals surface area contributed by atoms with Crippen LogP contribution in [0.15, 0.2) is 30.1 Å². The van der Waals surface area contributed by atoms with Gasteiger partial charge in [0, 0.05) is 0 Å². The Hall–Kier alpha value is -3.30. The van der Waals surface area contributed by atoms with Gasteiger partial charge in [0.25, 0.3) is 5.56 Å². The average Bonchev–Trinajstić information content (AvgIpc) is 3.73. The second kappa shape index (κ2) is 10.7. The zero-order valence-electron chi connectivity index (χ0n) is 21.8. The Morgan fingerprint density at radius 2 is 1.36 bits per heavy atom. The molecule has 0 aromatic carbocycles. The number of phosphoric ester groups is 2. The predicted molar refractivity (Wildman–Crippen MR) is 137 cm³/mol. The molecule has 0 amide bonds. The lowest BCUT2D eigenvalue weighted by atomic mass is 10.1. The molecule has 236 valence electrons. The van der Waals surface area contributed by atoms with Gasteiger partial charge in [-0.15, -0.1) is 0 Å². The van der Waals surface area contributed by atoms with Gasteiger partial charge in [0.1, 0.15) is 36.3 Å². The van der Waals surface area contributed by atoms with Crippen molar-refractivity contribution < 1.29 is 55.3 Å². The molecular weight excluding hydrogens is 642 g/mol. The van der Waals surface area contributed by atoms with Crippen molar-refractivity contribution in [2.45, 2.75) is 49.2 Å². The second-order valence-electron chi connectivity index (χ2n) is 9.83. The van der Waals surface area contributed by atoms with Crippen LogP contribution in [0, 0.1) is 0 Å². The topological polar surface area (TPSA) is 263 Å². The maximum absolute atomic E-state index is 15.8. The number of nitrogen functional groups attached to an aromatic ring is 1. The van der Waals surface area contributed by atoms with E-state index < -0.39 is 83.6 Å². The molecule has 6 unspecified atom stereocenters. The Balaban J connectivity index is 1.17. The Kier molecular flexibility index (Phi) is 7.12. The molecular formula is C20H21F2N9O11P2. The number of fused-ring (bicyclic) bond motifs is 4. The van der Waals surface area contributed by atoms with Crippen LogP contribution in [0.1, 0.15) is 12.5 Å². The van der Waals surface area contributed by atoms with Crippen LogP contribution < -0.4 is 11.3 Å². The first kappa shape index (κ1) is 29.4. The molecule has 5 N–H and O–H groups in total. The summed E-state index contributed by atoms with van der Waals surface area (Å²) in [4.78, 5) is 55.0. The van der Waals surface area contributed by atoms with Crippen LogP contribution in [0.2, 0.25) is 0 Å². The third kappa shape index (κ3) is 5.02. The standard InChI is InChI=1S/C20H21F2N9O11P2/c21-9-13-7(39-19(9)30-5-28-11-15(23)24-3-25-16(11)30)1-37-44(35,36)42-14-8(2-38-43(33,34)41-13)40-20(10(14)22)31-6-29-12-17(31)26-4-27-18(12)32/h3-10,13-14,19-20H,1-2H2,(H,33,34)(H,35,36)(H2,23,24,25)(H,26,27,32)/t7?,8?,9-,10-,13-,14-,19?,20?/m1/s1. The minimum Gasteiger partial charge on any atom is -0.382 e. The molecule has 4 aromatic rings. The van der Waals surface area contributed by atoms with E-state index in [0.29, 0.717) is 0 Å². The highest BCUT2D eigenvalue weighted by molar-refractivity contribution is 7.47. The summed E-state index contributed by atoms with van der Waals surface area (Å²) in [5.41, 5.74) is 5.09. The minimum atomic E-state index is -5.15. The van der Waals surface area contributed by atoms with Crippen molar-refractivity contribution in [3.05, 3.63) is 35.7 Å². The van der Waals surface area contributed by atoms with Crippen molar-refractivity contribution in [3.8, 4) is 0 Å². The molecule has 24 heteroatoms. The smallest absolute Gasteiger partial charge is 0.382 e. The number of rotatable bonds is 2. The normalized spacial score (nSPS) is 38.3. The number of aromatic amines is 1. The summed E-state index contributed by atoms with van der Waals surface area (Å²) in [6, 6.07) is 0. The van der Waals surface area contributed by atoms with E-state index in [1.54, 1.807) is 0 Å². The maximum atomic E-state index is 15.8. The number of hydrogen-bond donors (Lipinski definition) is 4. The van der Waals surface area contributed by atoms with Crippen LogP contribution in [-0.4, -0.2) is 98.8 Å². The number of nitrogens with one attached hydrogen (secondary N) is 1. The predicted octanol–water partition coefficient (Wildman–Crippen LogP) is 0.0307. The lowest BCUT2D eigenvalue weighted by Gasteiger charge is -2.27. The highest BCUT2D eigenvalue weighted by atomic mass is 31.2. The summed E-state index contributed by atoms with van der Waals surface area (Å²) in [5, 5.41) is 0. The average molecular weight is 663 g/mol. The van der Waals surface area contributed by atoms with E-state index in [2.05, 4.69) is 29.9 Å². The van der Waals surface area contributed by atoms with Gasteiger partial charge in [-0.3, -0.25) is 32.0 Å². The van der Waals surface area contributed by atoms with Gasteiger partial charge in [0.2, 0.25) is 0 Å². The van der Waals surface area contributed by atoms with Crippen molar-refractivity contribution in [3.63, 3.8) is 0 Å². The van der Waals surface area contributed by atoms with Crippen LogP contribution >= 0.6 is 15.6 Å². The SMILES string of the molecule is Nc1ncnc2c1ncn2C1OC2COP(=O)(O)O[C@@H]3C(COP(=O)(O)O[C@H]2[C@H]1F)OC(n1cnc2c(=O)[nH]cnc21)[C@@H]3F. The summed E-state index contributed by atoms with van der Waals surface area (Å²) in [6.07, 6.45) is -10.4. The van der Waals surface area contributed by atoms with E-state index in [1.165, 1.54) is 0 Å². The number of halogens is 2. The molecule has 0 radical (unpaired) electrons. The molecule has 0 bridgehead atoms. The Morgan fingerprint density at radius 3 is 1.93 bits per heavy atom. The summed E-state index contributed by atoms with van der Waals surface area (Å²) in [7, 11) is -10.3. The lowest BCUT2D eigenvalue weighted by Crippen LogP contribution is -2.37. The molecule has 3 aliphatic heterocycles. The minimum absolute atomic E-state index is 0.00724. The number of H-pyrrole nitrogens is 1.